The van der Waals surface area contributed by atoms with Crippen molar-refractivity contribution in [3.05, 3.63) is 74.2 Å². The van der Waals surface area contributed by atoms with Crippen LogP contribution in [0.2, 0.25) is 0 Å². The van der Waals surface area contributed by atoms with Crippen LogP contribution in [-0.4, -0.2) is 50.3 Å². The lowest BCUT2D eigenvalue weighted by Gasteiger charge is -2.35. The quantitative estimate of drug-likeness (QED) is 0.432. The second kappa shape index (κ2) is 8.07. The molecule has 1 saturated heterocycles. The third-order valence-electron chi connectivity index (χ3n) is 5.28. The van der Waals surface area contributed by atoms with Gasteiger partial charge >= 0.3 is 6.18 Å². The van der Waals surface area contributed by atoms with E-state index in [1.54, 1.807) is 0 Å². The van der Waals surface area contributed by atoms with Crippen molar-refractivity contribution in [3.63, 3.8) is 0 Å². The minimum Gasteiger partial charge on any atom is -0.358 e. The standard InChI is InChI=1S/C19H17F3N6O4/c20-19(21,22)13-9-15(27(29)30)18(16(10-13)28(31)32)25-7-5-24(6-8-25)11-14-12-26-4-2-1-3-17(26)23-14/h1-4,9-10,12H,5-8,11H2. The fraction of sp³-hybridized carbons (Fsp3) is 0.316. The number of imidazole rings is 1. The van der Waals surface area contributed by atoms with Crippen molar-refractivity contribution in [3.8, 4) is 0 Å². The van der Waals surface area contributed by atoms with Crippen LogP contribution in [0.25, 0.3) is 5.65 Å². The van der Waals surface area contributed by atoms with E-state index in [-0.39, 0.29) is 13.1 Å². The number of hydrogen-bond acceptors (Lipinski definition) is 7. The number of alkyl halides is 3. The lowest BCUT2D eigenvalue weighted by molar-refractivity contribution is -0.393. The summed E-state index contributed by atoms with van der Waals surface area (Å²) in [6.45, 7) is 1.68. The Hall–Kier alpha value is -3.74. The van der Waals surface area contributed by atoms with Crippen molar-refractivity contribution < 1.29 is 23.0 Å². The molecule has 0 unspecified atom stereocenters. The molecule has 0 amide bonds. The average molecular weight is 450 g/mol. The number of rotatable bonds is 5. The molecule has 3 aromatic rings. The normalized spacial score (nSPS) is 15.3. The van der Waals surface area contributed by atoms with Crippen molar-refractivity contribution in [1.82, 2.24) is 14.3 Å². The molecule has 13 heteroatoms. The fourth-order valence-corrected chi connectivity index (χ4v) is 3.79. The van der Waals surface area contributed by atoms with E-state index in [0.29, 0.717) is 31.8 Å². The highest BCUT2D eigenvalue weighted by molar-refractivity contribution is 5.76. The summed E-state index contributed by atoms with van der Waals surface area (Å²) in [5.74, 6) is 0. The summed E-state index contributed by atoms with van der Waals surface area (Å²) in [6, 6.07) is 6.32. The fourth-order valence-electron chi connectivity index (χ4n) is 3.79. The third kappa shape index (κ3) is 4.19. The molecule has 168 valence electrons. The van der Waals surface area contributed by atoms with Gasteiger partial charge in [0.2, 0.25) is 0 Å². The van der Waals surface area contributed by atoms with Gasteiger partial charge in [-0.15, -0.1) is 0 Å². The van der Waals surface area contributed by atoms with Crippen molar-refractivity contribution in [2.24, 2.45) is 0 Å². The summed E-state index contributed by atoms with van der Waals surface area (Å²) in [7, 11) is 0. The number of hydrogen-bond donors (Lipinski definition) is 0. The molecule has 0 bridgehead atoms. The monoisotopic (exact) mass is 450 g/mol. The van der Waals surface area contributed by atoms with Crippen LogP contribution in [0.4, 0.5) is 30.2 Å². The van der Waals surface area contributed by atoms with Gasteiger partial charge in [0.25, 0.3) is 11.4 Å². The van der Waals surface area contributed by atoms with Crippen molar-refractivity contribution in [1.29, 1.82) is 0 Å². The molecular formula is C19H17F3N6O4. The highest BCUT2D eigenvalue weighted by Gasteiger charge is 2.39. The van der Waals surface area contributed by atoms with E-state index in [9.17, 15) is 33.4 Å². The molecular weight excluding hydrogens is 433 g/mol. The zero-order chi connectivity index (χ0) is 23.0. The van der Waals surface area contributed by atoms with Crippen LogP contribution >= 0.6 is 0 Å². The van der Waals surface area contributed by atoms with Crippen LogP contribution in [0.3, 0.4) is 0 Å². The zero-order valence-electron chi connectivity index (χ0n) is 16.5. The Kier molecular flexibility index (Phi) is 5.42. The molecule has 4 rings (SSSR count). The first-order valence-corrected chi connectivity index (χ1v) is 9.57. The highest BCUT2D eigenvalue weighted by atomic mass is 19.4. The van der Waals surface area contributed by atoms with Gasteiger partial charge < -0.3 is 9.30 Å². The van der Waals surface area contributed by atoms with Crippen LogP contribution in [0, 0.1) is 20.2 Å². The minimum atomic E-state index is -4.94. The molecule has 0 N–H and O–H groups in total. The molecule has 0 aliphatic carbocycles. The van der Waals surface area contributed by atoms with Crippen LogP contribution < -0.4 is 4.90 Å². The predicted molar refractivity (Wildman–Crippen MR) is 107 cm³/mol. The number of benzene rings is 1. The molecule has 1 aliphatic heterocycles. The van der Waals surface area contributed by atoms with Gasteiger partial charge in [0.05, 0.1) is 21.1 Å². The summed E-state index contributed by atoms with van der Waals surface area (Å²) in [5.41, 5.74) is -2.08. The number of fused-ring (bicyclic) bond motifs is 1. The molecule has 10 nitrogen and oxygen atoms in total. The second-order valence-corrected chi connectivity index (χ2v) is 7.34. The summed E-state index contributed by atoms with van der Waals surface area (Å²) in [5, 5.41) is 23.0. The Morgan fingerprint density at radius 2 is 1.62 bits per heavy atom. The molecule has 1 aliphatic rings. The van der Waals surface area contributed by atoms with Crippen molar-refractivity contribution >= 4 is 22.7 Å². The molecule has 0 atom stereocenters. The Balaban J connectivity index is 1.57. The Bertz CT molecular complexity index is 1120. The Morgan fingerprint density at radius 1 is 1.00 bits per heavy atom. The van der Waals surface area contributed by atoms with Crippen molar-refractivity contribution in [2.45, 2.75) is 12.7 Å². The largest absolute Gasteiger partial charge is 0.416 e. The average Bonchev–Trinajstić information content (AvgIpc) is 3.15. The molecule has 0 spiro atoms. The molecule has 1 aromatic carbocycles. The lowest BCUT2D eigenvalue weighted by Crippen LogP contribution is -2.46. The van der Waals surface area contributed by atoms with Gasteiger partial charge in [-0.3, -0.25) is 25.1 Å². The molecule has 0 saturated carbocycles. The third-order valence-corrected chi connectivity index (χ3v) is 5.28. The number of anilines is 1. The number of pyridine rings is 1. The van der Waals surface area contributed by atoms with Gasteiger partial charge in [-0.1, -0.05) is 6.07 Å². The topological polar surface area (TPSA) is 110 Å². The van der Waals surface area contributed by atoms with Gasteiger partial charge in [-0.05, 0) is 12.1 Å². The van der Waals surface area contributed by atoms with E-state index >= 15 is 0 Å². The molecule has 3 heterocycles. The molecule has 0 radical (unpaired) electrons. The maximum absolute atomic E-state index is 13.1. The predicted octanol–water partition coefficient (Wildman–Crippen LogP) is 3.49. The SMILES string of the molecule is O=[N+]([O-])c1cc(C(F)(F)F)cc([N+](=O)[O-])c1N1CCN(Cc2cn3ccccc3n2)CC1. The summed E-state index contributed by atoms with van der Waals surface area (Å²) in [4.78, 5) is 28.9. The van der Waals surface area contributed by atoms with Crippen LogP contribution in [0.1, 0.15) is 11.3 Å². The van der Waals surface area contributed by atoms with Gasteiger partial charge in [0.15, 0.2) is 5.69 Å². The van der Waals surface area contributed by atoms with E-state index in [0.717, 1.165) is 11.3 Å². The van der Waals surface area contributed by atoms with E-state index in [1.165, 1.54) is 4.90 Å². The maximum atomic E-state index is 13.1. The van der Waals surface area contributed by atoms with Crippen LogP contribution in [-0.2, 0) is 12.7 Å². The Labute approximate surface area is 178 Å². The molecule has 32 heavy (non-hydrogen) atoms. The van der Waals surface area contributed by atoms with Gasteiger partial charge in [0.1, 0.15) is 5.65 Å². The zero-order valence-corrected chi connectivity index (χ0v) is 16.5. The number of aromatic nitrogens is 2. The number of piperazine rings is 1. The van der Waals surface area contributed by atoms with E-state index in [2.05, 4.69) is 4.98 Å². The molecule has 2 aromatic heterocycles. The van der Waals surface area contributed by atoms with E-state index in [4.69, 9.17) is 0 Å². The smallest absolute Gasteiger partial charge is 0.358 e. The first-order chi connectivity index (χ1) is 15.1. The van der Waals surface area contributed by atoms with Crippen molar-refractivity contribution in [2.75, 3.05) is 31.1 Å². The summed E-state index contributed by atoms with van der Waals surface area (Å²) in [6.07, 6.45) is -1.19. The van der Waals surface area contributed by atoms with Gasteiger partial charge in [-0.25, -0.2) is 4.98 Å². The summed E-state index contributed by atoms with van der Waals surface area (Å²) < 4.78 is 41.2. The number of nitrogens with zero attached hydrogens (tertiary/aromatic N) is 6. The van der Waals surface area contributed by atoms with Gasteiger partial charge in [-0.2, -0.15) is 13.2 Å². The number of nitro benzene ring substituents is 2. The lowest BCUT2D eigenvalue weighted by atomic mass is 10.1. The summed E-state index contributed by atoms with van der Waals surface area (Å²) >= 11 is 0. The highest BCUT2D eigenvalue weighted by Crippen LogP contribution is 2.43. The number of halogens is 3. The van der Waals surface area contributed by atoms with Crippen LogP contribution in [0.15, 0.2) is 42.7 Å². The Morgan fingerprint density at radius 3 is 2.16 bits per heavy atom. The minimum absolute atomic E-state index is 0.181. The van der Waals surface area contributed by atoms with E-state index in [1.807, 2.05) is 39.9 Å². The number of nitro groups is 2. The second-order valence-electron chi connectivity index (χ2n) is 7.34. The molecule has 1 fully saturated rings. The van der Waals surface area contributed by atoms with E-state index < -0.39 is 38.6 Å². The first kappa shape index (κ1) is 21.5. The maximum Gasteiger partial charge on any atom is 0.416 e. The van der Waals surface area contributed by atoms with Crippen LogP contribution in [0.5, 0.6) is 0 Å². The first-order valence-electron chi connectivity index (χ1n) is 9.57. The van der Waals surface area contributed by atoms with Gasteiger partial charge in [0, 0.05) is 57.3 Å².